The van der Waals surface area contributed by atoms with Crippen molar-refractivity contribution in [3.8, 4) is 0 Å². The van der Waals surface area contributed by atoms with E-state index in [9.17, 15) is 9.59 Å². The van der Waals surface area contributed by atoms with Crippen molar-refractivity contribution in [2.45, 2.75) is 39.3 Å². The number of para-hydroxylation sites is 2. The van der Waals surface area contributed by atoms with E-state index in [-0.39, 0.29) is 23.9 Å². The van der Waals surface area contributed by atoms with Crippen LogP contribution in [0.2, 0.25) is 0 Å². The van der Waals surface area contributed by atoms with E-state index in [0.717, 1.165) is 22.6 Å². The Morgan fingerprint density at radius 3 is 2.37 bits per heavy atom. The fourth-order valence-corrected chi connectivity index (χ4v) is 4.29. The highest BCUT2D eigenvalue weighted by atomic mass is 16.2. The highest BCUT2D eigenvalue weighted by Crippen LogP contribution is 2.42. The molecule has 154 valence electrons. The standard InChI is InChI=1S/C24H26N4O2/c1-16-14-21(25-26(16)4)24(30)27-17(2)15-23(20-12-8-9-13-22(20)27)28(18(3)29)19-10-6-5-7-11-19/h5-14,17,23H,15H2,1-4H3. The predicted molar refractivity (Wildman–Crippen MR) is 118 cm³/mol. The molecule has 2 atom stereocenters. The number of aromatic nitrogens is 2. The number of carbonyl (C=O) groups excluding carboxylic acids is 2. The molecular formula is C24H26N4O2. The second kappa shape index (κ2) is 7.78. The molecule has 1 aliphatic heterocycles. The Hall–Kier alpha value is -3.41. The van der Waals surface area contributed by atoms with Gasteiger partial charge in [-0.1, -0.05) is 36.4 Å². The molecule has 6 nitrogen and oxygen atoms in total. The maximum atomic E-state index is 13.4. The van der Waals surface area contributed by atoms with Gasteiger partial charge >= 0.3 is 0 Å². The van der Waals surface area contributed by atoms with Crippen molar-refractivity contribution in [2.24, 2.45) is 7.05 Å². The molecule has 0 saturated carbocycles. The van der Waals surface area contributed by atoms with Crippen LogP contribution in [0, 0.1) is 6.92 Å². The molecule has 2 aromatic carbocycles. The van der Waals surface area contributed by atoms with Gasteiger partial charge in [-0.05, 0) is 50.1 Å². The third kappa shape index (κ3) is 3.38. The van der Waals surface area contributed by atoms with Crippen LogP contribution in [0.15, 0.2) is 60.7 Å². The van der Waals surface area contributed by atoms with Gasteiger partial charge in [-0.15, -0.1) is 0 Å². The van der Waals surface area contributed by atoms with Crippen molar-refractivity contribution in [3.05, 3.63) is 77.6 Å². The molecule has 6 heteroatoms. The monoisotopic (exact) mass is 402 g/mol. The van der Waals surface area contributed by atoms with E-state index in [1.807, 2.05) is 91.4 Å². The van der Waals surface area contributed by atoms with Gasteiger partial charge in [-0.25, -0.2) is 0 Å². The van der Waals surface area contributed by atoms with Crippen molar-refractivity contribution >= 4 is 23.2 Å². The van der Waals surface area contributed by atoms with Crippen LogP contribution < -0.4 is 9.80 Å². The first kappa shape index (κ1) is 19.9. The summed E-state index contributed by atoms with van der Waals surface area (Å²) in [6.45, 7) is 5.55. The number of fused-ring (bicyclic) bond motifs is 1. The van der Waals surface area contributed by atoms with Gasteiger partial charge in [-0.2, -0.15) is 5.10 Å². The molecule has 30 heavy (non-hydrogen) atoms. The topological polar surface area (TPSA) is 58.4 Å². The average Bonchev–Trinajstić information content (AvgIpc) is 3.07. The van der Waals surface area contributed by atoms with E-state index < -0.39 is 0 Å². The Balaban J connectivity index is 1.78. The zero-order valence-corrected chi connectivity index (χ0v) is 17.7. The summed E-state index contributed by atoms with van der Waals surface area (Å²) in [5.41, 5.74) is 4.02. The lowest BCUT2D eigenvalue weighted by atomic mass is 9.89. The lowest BCUT2D eigenvalue weighted by molar-refractivity contribution is -0.117. The quantitative estimate of drug-likeness (QED) is 0.658. The van der Waals surface area contributed by atoms with Crippen LogP contribution in [0.1, 0.15) is 48.1 Å². The lowest BCUT2D eigenvalue weighted by Gasteiger charge is -2.43. The molecule has 4 rings (SSSR count). The number of amides is 2. The first-order chi connectivity index (χ1) is 14.4. The number of hydrogen-bond donors (Lipinski definition) is 0. The average molecular weight is 402 g/mol. The summed E-state index contributed by atoms with van der Waals surface area (Å²) in [5.74, 6) is -0.139. The van der Waals surface area contributed by atoms with Crippen LogP contribution >= 0.6 is 0 Å². The smallest absolute Gasteiger partial charge is 0.279 e. The highest BCUT2D eigenvalue weighted by Gasteiger charge is 2.38. The van der Waals surface area contributed by atoms with Crippen LogP contribution in [0.4, 0.5) is 11.4 Å². The molecule has 1 aliphatic rings. The zero-order chi connectivity index (χ0) is 21.4. The Bertz CT molecular complexity index is 1070. The summed E-state index contributed by atoms with van der Waals surface area (Å²) in [7, 11) is 1.83. The summed E-state index contributed by atoms with van der Waals surface area (Å²) >= 11 is 0. The number of hydrogen-bond acceptors (Lipinski definition) is 3. The first-order valence-electron chi connectivity index (χ1n) is 10.2. The van der Waals surface area contributed by atoms with Gasteiger partial charge in [0.1, 0.15) is 0 Å². The van der Waals surface area contributed by atoms with Crippen molar-refractivity contribution in [3.63, 3.8) is 0 Å². The minimum Gasteiger partial charge on any atom is -0.305 e. The maximum Gasteiger partial charge on any atom is 0.279 e. The molecule has 3 aromatic rings. The largest absolute Gasteiger partial charge is 0.305 e. The Kier molecular flexibility index (Phi) is 5.16. The second-order valence-electron chi connectivity index (χ2n) is 7.85. The summed E-state index contributed by atoms with van der Waals surface area (Å²) in [4.78, 5) is 29.7. The number of anilines is 2. The van der Waals surface area contributed by atoms with Crippen molar-refractivity contribution in [1.29, 1.82) is 0 Å². The van der Waals surface area contributed by atoms with Gasteiger partial charge in [0.15, 0.2) is 5.69 Å². The molecule has 2 amide bonds. The summed E-state index contributed by atoms with van der Waals surface area (Å²) < 4.78 is 1.71. The number of rotatable bonds is 3. The van der Waals surface area contributed by atoms with E-state index >= 15 is 0 Å². The minimum atomic E-state index is -0.148. The van der Waals surface area contributed by atoms with Crippen LogP contribution in [-0.2, 0) is 11.8 Å². The molecular weight excluding hydrogens is 376 g/mol. The number of carbonyl (C=O) groups is 2. The Labute approximate surface area is 176 Å². The predicted octanol–water partition coefficient (Wildman–Crippen LogP) is 4.26. The molecule has 0 fully saturated rings. The van der Waals surface area contributed by atoms with E-state index in [4.69, 9.17) is 0 Å². The summed E-state index contributed by atoms with van der Waals surface area (Å²) in [5, 5.41) is 4.38. The first-order valence-corrected chi connectivity index (χ1v) is 10.2. The van der Waals surface area contributed by atoms with E-state index in [2.05, 4.69) is 5.10 Å². The SMILES string of the molecule is CC(=O)N(c1ccccc1)C1CC(C)N(C(=O)c2cc(C)n(C)n2)c2ccccc21. The number of nitrogens with zero attached hydrogens (tertiary/aromatic N) is 4. The molecule has 2 unspecified atom stereocenters. The van der Waals surface area contributed by atoms with Crippen LogP contribution in [0.5, 0.6) is 0 Å². The molecule has 0 aliphatic carbocycles. The second-order valence-corrected chi connectivity index (χ2v) is 7.85. The third-order valence-corrected chi connectivity index (χ3v) is 5.80. The molecule has 0 N–H and O–H groups in total. The number of benzene rings is 2. The summed E-state index contributed by atoms with van der Waals surface area (Å²) in [6.07, 6.45) is 0.642. The van der Waals surface area contributed by atoms with Crippen molar-refractivity contribution < 1.29 is 9.59 Å². The third-order valence-electron chi connectivity index (χ3n) is 5.80. The van der Waals surface area contributed by atoms with Gasteiger partial charge < -0.3 is 9.80 Å². The van der Waals surface area contributed by atoms with Gasteiger partial charge in [0, 0.05) is 37.1 Å². The van der Waals surface area contributed by atoms with E-state index in [1.54, 1.807) is 11.6 Å². The highest BCUT2D eigenvalue weighted by molar-refractivity contribution is 6.06. The summed E-state index contributed by atoms with van der Waals surface area (Å²) in [6, 6.07) is 19.1. The number of aryl methyl sites for hydroxylation is 2. The zero-order valence-electron chi connectivity index (χ0n) is 17.7. The van der Waals surface area contributed by atoms with Gasteiger partial charge in [0.25, 0.3) is 5.91 Å². The van der Waals surface area contributed by atoms with Crippen LogP contribution in [0.3, 0.4) is 0 Å². The Morgan fingerprint density at radius 2 is 1.73 bits per heavy atom. The molecule has 0 saturated heterocycles. The van der Waals surface area contributed by atoms with E-state index in [1.165, 1.54) is 0 Å². The molecule has 2 heterocycles. The minimum absolute atomic E-state index is 0.0201. The van der Waals surface area contributed by atoms with E-state index in [0.29, 0.717) is 12.1 Å². The molecule has 0 spiro atoms. The van der Waals surface area contributed by atoms with Gasteiger partial charge in [0.05, 0.1) is 6.04 Å². The van der Waals surface area contributed by atoms with Crippen molar-refractivity contribution in [1.82, 2.24) is 9.78 Å². The molecule has 0 bridgehead atoms. The lowest BCUT2D eigenvalue weighted by Crippen LogP contribution is -2.47. The Morgan fingerprint density at radius 1 is 1.07 bits per heavy atom. The van der Waals surface area contributed by atoms with Gasteiger partial charge in [0.2, 0.25) is 5.91 Å². The maximum absolute atomic E-state index is 13.4. The normalized spacial score (nSPS) is 18.1. The van der Waals surface area contributed by atoms with Crippen molar-refractivity contribution in [2.75, 3.05) is 9.80 Å². The van der Waals surface area contributed by atoms with Crippen LogP contribution in [-0.4, -0.2) is 27.6 Å². The van der Waals surface area contributed by atoms with Crippen LogP contribution in [0.25, 0.3) is 0 Å². The molecule has 1 aromatic heterocycles. The molecule has 0 radical (unpaired) electrons. The van der Waals surface area contributed by atoms with Gasteiger partial charge in [-0.3, -0.25) is 14.3 Å². The fraction of sp³-hybridized carbons (Fsp3) is 0.292. The fourth-order valence-electron chi connectivity index (χ4n) is 4.29.